The summed E-state index contributed by atoms with van der Waals surface area (Å²) in [6, 6.07) is 12.5. The van der Waals surface area contributed by atoms with E-state index in [1.165, 1.54) is 25.1 Å². The maximum absolute atomic E-state index is 13.3. The van der Waals surface area contributed by atoms with Crippen molar-refractivity contribution < 1.29 is 18.0 Å². The molecule has 1 N–H and O–H groups in total. The third kappa shape index (κ3) is 4.14. The van der Waals surface area contributed by atoms with Gasteiger partial charge < -0.3 is 5.32 Å². The summed E-state index contributed by atoms with van der Waals surface area (Å²) in [5.74, 6) is -0.818. The van der Waals surface area contributed by atoms with Gasteiger partial charge >= 0.3 is 6.18 Å². The lowest BCUT2D eigenvalue weighted by molar-refractivity contribution is -0.137. The van der Waals surface area contributed by atoms with Gasteiger partial charge in [0.05, 0.1) is 11.3 Å². The van der Waals surface area contributed by atoms with E-state index in [1.54, 1.807) is 24.3 Å². The van der Waals surface area contributed by atoms with Gasteiger partial charge in [-0.3, -0.25) is 9.59 Å². The molecule has 0 unspecified atom stereocenters. The molecule has 144 valence electrons. The number of para-hydroxylation sites is 1. The highest BCUT2D eigenvalue weighted by molar-refractivity contribution is 9.10. The van der Waals surface area contributed by atoms with Crippen LogP contribution in [0, 0.1) is 6.92 Å². The first-order valence-electron chi connectivity index (χ1n) is 8.01. The maximum Gasteiger partial charge on any atom is 0.418 e. The zero-order chi connectivity index (χ0) is 20.5. The number of amides is 1. The van der Waals surface area contributed by atoms with Crippen LogP contribution in [0.3, 0.4) is 0 Å². The van der Waals surface area contributed by atoms with E-state index in [2.05, 4.69) is 26.3 Å². The number of carbonyl (C=O) groups is 1. The van der Waals surface area contributed by atoms with Crippen LogP contribution in [0.25, 0.3) is 5.69 Å². The topological polar surface area (TPSA) is 64.0 Å². The van der Waals surface area contributed by atoms with Crippen LogP contribution in [0.1, 0.15) is 21.7 Å². The summed E-state index contributed by atoms with van der Waals surface area (Å²) >= 11 is 3.26. The third-order valence-electron chi connectivity index (χ3n) is 3.84. The lowest BCUT2D eigenvalue weighted by Gasteiger charge is -2.16. The molecule has 0 saturated heterocycles. The van der Waals surface area contributed by atoms with Crippen molar-refractivity contribution in [2.75, 3.05) is 5.32 Å². The summed E-state index contributed by atoms with van der Waals surface area (Å²) in [5, 5.41) is 6.43. The fraction of sp³-hybridized carbons (Fsp3) is 0.105. The van der Waals surface area contributed by atoms with Gasteiger partial charge in [0.1, 0.15) is 0 Å². The number of nitrogens with zero attached hydrogens (tertiary/aromatic N) is 2. The zero-order valence-electron chi connectivity index (χ0n) is 14.4. The molecule has 0 saturated carbocycles. The van der Waals surface area contributed by atoms with E-state index in [9.17, 15) is 22.8 Å². The van der Waals surface area contributed by atoms with Crippen molar-refractivity contribution in [2.45, 2.75) is 13.1 Å². The molecular weight excluding hydrogens is 439 g/mol. The number of alkyl halides is 3. The first-order chi connectivity index (χ1) is 13.2. The second-order valence-corrected chi connectivity index (χ2v) is 6.81. The van der Waals surface area contributed by atoms with E-state index < -0.39 is 28.8 Å². The van der Waals surface area contributed by atoms with E-state index in [4.69, 9.17) is 0 Å². The van der Waals surface area contributed by atoms with Gasteiger partial charge in [0.2, 0.25) is 5.43 Å². The molecule has 0 spiro atoms. The van der Waals surface area contributed by atoms with Gasteiger partial charge in [0, 0.05) is 21.9 Å². The molecule has 1 amide bonds. The molecule has 0 atom stereocenters. The predicted octanol–water partition coefficient (Wildman–Crippen LogP) is 4.57. The van der Waals surface area contributed by atoms with Crippen molar-refractivity contribution in [3.63, 3.8) is 0 Å². The quantitative estimate of drug-likeness (QED) is 0.633. The van der Waals surface area contributed by atoms with E-state index in [0.717, 1.165) is 16.8 Å². The minimum Gasteiger partial charge on any atom is -0.320 e. The average molecular weight is 452 g/mol. The molecule has 28 heavy (non-hydrogen) atoms. The van der Waals surface area contributed by atoms with E-state index in [0.29, 0.717) is 10.2 Å². The Morgan fingerprint density at radius 3 is 2.50 bits per heavy atom. The van der Waals surface area contributed by atoms with Crippen molar-refractivity contribution in [1.29, 1.82) is 0 Å². The molecule has 1 aromatic heterocycles. The summed E-state index contributed by atoms with van der Waals surface area (Å²) in [5.41, 5.74) is -1.83. The van der Waals surface area contributed by atoms with E-state index >= 15 is 0 Å². The Morgan fingerprint density at radius 2 is 1.82 bits per heavy atom. The first-order valence-corrected chi connectivity index (χ1v) is 8.80. The van der Waals surface area contributed by atoms with Crippen molar-refractivity contribution in [3.05, 3.63) is 86.2 Å². The Balaban J connectivity index is 2.08. The Morgan fingerprint density at radius 1 is 1.11 bits per heavy atom. The summed E-state index contributed by atoms with van der Waals surface area (Å²) in [7, 11) is 0. The summed E-state index contributed by atoms with van der Waals surface area (Å²) < 4.78 is 41.7. The fourth-order valence-corrected chi connectivity index (χ4v) is 3.00. The largest absolute Gasteiger partial charge is 0.418 e. The second-order valence-electron chi connectivity index (χ2n) is 5.89. The zero-order valence-corrected chi connectivity index (χ0v) is 16.0. The molecule has 0 aliphatic rings. The predicted molar refractivity (Wildman–Crippen MR) is 102 cm³/mol. The van der Waals surface area contributed by atoms with Gasteiger partial charge in [-0.25, -0.2) is 4.68 Å². The number of hydrogen-bond donors (Lipinski definition) is 1. The number of rotatable bonds is 3. The number of benzene rings is 2. The number of nitrogens with one attached hydrogen (secondary N) is 1. The minimum atomic E-state index is -4.62. The number of hydrogen-bond acceptors (Lipinski definition) is 3. The molecule has 0 aliphatic carbocycles. The van der Waals surface area contributed by atoms with Gasteiger partial charge in [0.15, 0.2) is 5.69 Å². The molecule has 0 fully saturated rings. The number of carbonyl (C=O) groups excluding carboxylic acids is 1. The van der Waals surface area contributed by atoms with Crippen LogP contribution in [0.15, 0.2) is 63.9 Å². The van der Waals surface area contributed by atoms with Crippen molar-refractivity contribution >= 4 is 27.5 Å². The average Bonchev–Trinajstić information content (AvgIpc) is 2.61. The maximum atomic E-state index is 13.3. The molecule has 5 nitrogen and oxygen atoms in total. The molecule has 2 aromatic carbocycles. The van der Waals surface area contributed by atoms with Crippen LogP contribution in [-0.4, -0.2) is 15.7 Å². The smallest absolute Gasteiger partial charge is 0.320 e. The second kappa shape index (κ2) is 7.59. The van der Waals surface area contributed by atoms with Crippen molar-refractivity contribution in [1.82, 2.24) is 9.78 Å². The van der Waals surface area contributed by atoms with E-state index in [-0.39, 0.29) is 11.4 Å². The van der Waals surface area contributed by atoms with Crippen LogP contribution in [0.2, 0.25) is 0 Å². The lowest BCUT2D eigenvalue weighted by Crippen LogP contribution is -2.27. The van der Waals surface area contributed by atoms with Crippen LogP contribution in [0.4, 0.5) is 18.9 Å². The Hall–Kier alpha value is -2.94. The highest BCUT2D eigenvalue weighted by Gasteiger charge is 2.34. The van der Waals surface area contributed by atoms with Gasteiger partial charge in [-0.05, 0) is 37.3 Å². The van der Waals surface area contributed by atoms with Crippen LogP contribution < -0.4 is 10.7 Å². The normalized spacial score (nSPS) is 11.3. The summed E-state index contributed by atoms with van der Waals surface area (Å²) in [4.78, 5) is 24.7. The molecule has 1 heterocycles. The lowest BCUT2D eigenvalue weighted by atomic mass is 10.1. The van der Waals surface area contributed by atoms with Crippen molar-refractivity contribution in [2.24, 2.45) is 0 Å². The Kier molecular flexibility index (Phi) is 5.37. The summed E-state index contributed by atoms with van der Waals surface area (Å²) in [6.45, 7) is 1.44. The fourth-order valence-electron chi connectivity index (χ4n) is 2.60. The number of aryl methyl sites for hydroxylation is 1. The van der Waals surface area contributed by atoms with Crippen LogP contribution in [-0.2, 0) is 6.18 Å². The Labute approximate surface area is 165 Å². The number of anilines is 1. The highest BCUT2D eigenvalue weighted by Crippen LogP contribution is 2.33. The van der Waals surface area contributed by atoms with Gasteiger partial charge in [0.25, 0.3) is 5.91 Å². The molecular formula is C19H13BrF3N3O2. The molecule has 3 rings (SSSR count). The minimum absolute atomic E-state index is 0.167. The highest BCUT2D eigenvalue weighted by atomic mass is 79.9. The van der Waals surface area contributed by atoms with Crippen LogP contribution >= 0.6 is 15.9 Å². The van der Waals surface area contributed by atoms with Crippen molar-refractivity contribution in [3.8, 4) is 5.69 Å². The third-order valence-corrected chi connectivity index (χ3v) is 4.34. The number of aromatic nitrogens is 2. The van der Waals surface area contributed by atoms with E-state index in [1.807, 2.05) is 0 Å². The number of halogens is 4. The molecule has 0 bridgehead atoms. The molecule has 0 radical (unpaired) electrons. The molecule has 9 heteroatoms. The standard InChI is InChI=1S/C19H13BrF3N3O2/c1-11-9-16(27)17(18(28)24-13-6-4-5-12(20)10-13)25-26(11)15-8-3-2-7-14(15)19(21,22)23/h2-10H,1H3,(H,24,28). The molecule has 3 aromatic rings. The summed E-state index contributed by atoms with van der Waals surface area (Å²) in [6.07, 6.45) is -4.62. The molecule has 0 aliphatic heterocycles. The van der Waals surface area contributed by atoms with Gasteiger partial charge in [-0.2, -0.15) is 18.3 Å². The van der Waals surface area contributed by atoms with Crippen LogP contribution in [0.5, 0.6) is 0 Å². The monoisotopic (exact) mass is 451 g/mol. The van der Waals surface area contributed by atoms with Gasteiger partial charge in [-0.1, -0.05) is 34.1 Å². The van der Waals surface area contributed by atoms with Gasteiger partial charge in [-0.15, -0.1) is 0 Å². The SMILES string of the molecule is Cc1cc(=O)c(C(=O)Nc2cccc(Br)c2)nn1-c1ccccc1C(F)(F)F. The first kappa shape index (κ1) is 19.8. The Bertz CT molecular complexity index is 1110.